The molecule has 0 N–H and O–H groups in total. The zero-order valence-electron chi connectivity index (χ0n) is 17.0. The van der Waals surface area contributed by atoms with Crippen molar-refractivity contribution in [3.63, 3.8) is 0 Å². The van der Waals surface area contributed by atoms with Crippen LogP contribution in [-0.4, -0.2) is 38.6 Å². The van der Waals surface area contributed by atoms with Gasteiger partial charge >= 0.3 is 0 Å². The molecule has 1 aliphatic heterocycles. The molecule has 0 aromatic carbocycles. The van der Waals surface area contributed by atoms with E-state index in [1.54, 1.807) is 15.9 Å². The van der Waals surface area contributed by atoms with Gasteiger partial charge in [0.25, 0.3) is 5.56 Å². The normalized spacial score (nSPS) is 16.8. The lowest BCUT2D eigenvalue weighted by Gasteiger charge is -2.16. The first-order valence-corrected chi connectivity index (χ1v) is 12.3. The molecule has 2 aromatic heterocycles. The number of hydrogen-bond donors (Lipinski definition) is 0. The molecule has 1 fully saturated rings. The van der Waals surface area contributed by atoms with Gasteiger partial charge in [-0.15, -0.1) is 11.3 Å². The number of fused-ring (bicyclic) bond motifs is 3. The van der Waals surface area contributed by atoms with E-state index in [0.29, 0.717) is 30.6 Å². The van der Waals surface area contributed by atoms with Crippen molar-refractivity contribution in [3.05, 3.63) is 20.8 Å². The number of carbonyl (C=O) groups is 2. The van der Waals surface area contributed by atoms with E-state index in [1.165, 1.54) is 33.5 Å². The Morgan fingerprint density at radius 1 is 1.17 bits per heavy atom. The molecule has 0 radical (unpaired) electrons. The van der Waals surface area contributed by atoms with E-state index in [1.807, 2.05) is 0 Å². The topological polar surface area (TPSA) is 72.3 Å². The highest BCUT2D eigenvalue weighted by Crippen LogP contribution is 2.34. The predicted molar refractivity (Wildman–Crippen MR) is 117 cm³/mol. The number of thiophene rings is 1. The number of imide groups is 1. The summed E-state index contributed by atoms with van der Waals surface area (Å²) < 4.78 is 1.76. The van der Waals surface area contributed by atoms with E-state index < -0.39 is 0 Å². The number of likely N-dealkylation sites (tertiary alicyclic amines) is 1. The molecule has 0 atom stereocenters. The van der Waals surface area contributed by atoms with Crippen LogP contribution < -0.4 is 5.56 Å². The van der Waals surface area contributed by atoms with Crippen LogP contribution in [0.2, 0.25) is 0 Å². The van der Waals surface area contributed by atoms with E-state index in [4.69, 9.17) is 4.98 Å². The van der Waals surface area contributed by atoms with Crippen molar-refractivity contribution in [2.75, 3.05) is 12.3 Å². The number of amides is 2. The van der Waals surface area contributed by atoms with Crippen molar-refractivity contribution in [2.45, 2.75) is 70.5 Å². The Kier molecular flexibility index (Phi) is 6.11. The maximum atomic E-state index is 13.4. The van der Waals surface area contributed by atoms with Gasteiger partial charge in [-0.1, -0.05) is 25.6 Å². The van der Waals surface area contributed by atoms with Crippen molar-refractivity contribution in [1.82, 2.24) is 14.5 Å². The Morgan fingerprint density at radius 2 is 1.97 bits per heavy atom. The van der Waals surface area contributed by atoms with Gasteiger partial charge in [0.05, 0.1) is 11.1 Å². The number of aromatic nitrogens is 2. The zero-order chi connectivity index (χ0) is 20.5. The fourth-order valence-corrected chi connectivity index (χ4v) is 6.23. The standard InChI is InChI=1S/C21H27N3O3S2/c1-13(2)9-11-24-20(27)18-14-6-3-4-7-15(14)29-19(18)22-21(24)28-12-17(26)23-10-5-8-16(23)25/h13H,3-12H2,1-2H3. The Hall–Kier alpha value is -1.67. The molecule has 1 aliphatic carbocycles. The zero-order valence-corrected chi connectivity index (χ0v) is 18.7. The molecule has 6 nitrogen and oxygen atoms in total. The van der Waals surface area contributed by atoms with Crippen LogP contribution in [0.4, 0.5) is 0 Å². The number of aryl methyl sites for hydroxylation is 2. The number of thioether (sulfide) groups is 1. The maximum absolute atomic E-state index is 13.4. The van der Waals surface area contributed by atoms with E-state index in [2.05, 4.69) is 13.8 Å². The van der Waals surface area contributed by atoms with Gasteiger partial charge in [-0.3, -0.25) is 23.9 Å². The molecule has 8 heteroatoms. The van der Waals surface area contributed by atoms with Crippen LogP contribution in [0.5, 0.6) is 0 Å². The minimum Gasteiger partial charge on any atom is -0.287 e. The second kappa shape index (κ2) is 8.60. The largest absolute Gasteiger partial charge is 0.287 e. The average Bonchev–Trinajstić information content (AvgIpc) is 3.28. The summed E-state index contributed by atoms with van der Waals surface area (Å²) in [5.41, 5.74) is 1.23. The summed E-state index contributed by atoms with van der Waals surface area (Å²) in [5, 5.41) is 1.39. The van der Waals surface area contributed by atoms with Gasteiger partial charge in [-0.2, -0.15) is 0 Å². The third kappa shape index (κ3) is 4.14. The van der Waals surface area contributed by atoms with E-state index in [9.17, 15) is 14.4 Å². The molecule has 0 bridgehead atoms. The highest BCUT2D eigenvalue weighted by atomic mass is 32.2. The van der Waals surface area contributed by atoms with Gasteiger partial charge in [-0.05, 0) is 50.0 Å². The molecular formula is C21H27N3O3S2. The molecule has 0 spiro atoms. The van der Waals surface area contributed by atoms with Crippen LogP contribution in [0.1, 0.15) is 56.4 Å². The van der Waals surface area contributed by atoms with Crippen LogP contribution in [0.3, 0.4) is 0 Å². The summed E-state index contributed by atoms with van der Waals surface area (Å²) in [5.74, 6) is 0.321. The van der Waals surface area contributed by atoms with Crippen molar-refractivity contribution in [2.24, 2.45) is 5.92 Å². The second-order valence-electron chi connectivity index (χ2n) is 8.26. The Bertz CT molecular complexity index is 1010. The Balaban J connectivity index is 1.67. The summed E-state index contributed by atoms with van der Waals surface area (Å²) in [6.45, 7) is 5.38. The average molecular weight is 434 g/mol. The first kappa shape index (κ1) is 20.6. The van der Waals surface area contributed by atoms with Crippen LogP contribution in [0.15, 0.2) is 9.95 Å². The summed E-state index contributed by atoms with van der Waals surface area (Å²) in [4.78, 5) is 46.0. The highest BCUT2D eigenvalue weighted by molar-refractivity contribution is 7.99. The minimum atomic E-state index is -0.187. The molecule has 2 aromatic rings. The molecule has 2 amide bonds. The first-order chi connectivity index (χ1) is 14.0. The fraction of sp³-hybridized carbons (Fsp3) is 0.619. The first-order valence-electron chi connectivity index (χ1n) is 10.5. The molecule has 0 unspecified atom stereocenters. The van der Waals surface area contributed by atoms with Crippen molar-refractivity contribution >= 4 is 45.1 Å². The minimum absolute atomic E-state index is 0.0299. The molecule has 29 heavy (non-hydrogen) atoms. The Morgan fingerprint density at radius 3 is 2.69 bits per heavy atom. The predicted octanol–water partition coefficient (Wildman–Crippen LogP) is 3.62. The summed E-state index contributed by atoms with van der Waals surface area (Å²) in [7, 11) is 0. The van der Waals surface area contributed by atoms with Crippen LogP contribution >= 0.6 is 23.1 Å². The molecule has 156 valence electrons. The third-order valence-corrected chi connectivity index (χ3v) is 7.82. The number of hydrogen-bond acceptors (Lipinski definition) is 6. The molecule has 1 saturated heterocycles. The molecule has 0 saturated carbocycles. The van der Waals surface area contributed by atoms with Gasteiger partial charge in [0.2, 0.25) is 11.8 Å². The Labute approximate surface area is 178 Å². The van der Waals surface area contributed by atoms with Gasteiger partial charge in [0, 0.05) is 24.4 Å². The number of rotatable bonds is 6. The second-order valence-corrected chi connectivity index (χ2v) is 10.3. The smallest absolute Gasteiger partial charge is 0.263 e. The summed E-state index contributed by atoms with van der Waals surface area (Å²) >= 11 is 2.92. The van der Waals surface area contributed by atoms with Crippen molar-refractivity contribution in [1.29, 1.82) is 0 Å². The van der Waals surface area contributed by atoms with Crippen LogP contribution in [0, 0.1) is 5.92 Å². The van der Waals surface area contributed by atoms with E-state index >= 15 is 0 Å². The third-order valence-electron chi connectivity index (χ3n) is 5.67. The van der Waals surface area contributed by atoms with Gasteiger partial charge in [0.1, 0.15) is 4.83 Å². The van der Waals surface area contributed by atoms with Gasteiger partial charge < -0.3 is 0 Å². The van der Waals surface area contributed by atoms with Crippen LogP contribution in [-0.2, 0) is 29.0 Å². The van der Waals surface area contributed by atoms with Crippen LogP contribution in [0.25, 0.3) is 10.2 Å². The fourth-order valence-electron chi connectivity index (χ4n) is 4.03. The van der Waals surface area contributed by atoms with Crippen molar-refractivity contribution < 1.29 is 9.59 Å². The lowest BCUT2D eigenvalue weighted by molar-refractivity contribution is -0.140. The van der Waals surface area contributed by atoms with E-state index in [0.717, 1.165) is 42.3 Å². The van der Waals surface area contributed by atoms with Crippen molar-refractivity contribution in [3.8, 4) is 0 Å². The number of nitrogens with zero attached hydrogens (tertiary/aromatic N) is 3. The quantitative estimate of drug-likeness (QED) is 0.514. The monoisotopic (exact) mass is 433 g/mol. The molecule has 3 heterocycles. The lowest BCUT2D eigenvalue weighted by atomic mass is 9.97. The summed E-state index contributed by atoms with van der Waals surface area (Å²) in [6, 6.07) is 0. The number of carbonyl (C=O) groups excluding carboxylic acids is 2. The summed E-state index contributed by atoms with van der Waals surface area (Å²) in [6.07, 6.45) is 6.34. The van der Waals surface area contributed by atoms with Gasteiger partial charge in [0.15, 0.2) is 5.16 Å². The molecule has 4 rings (SSSR count). The maximum Gasteiger partial charge on any atom is 0.263 e. The molecular weight excluding hydrogens is 406 g/mol. The molecule has 2 aliphatic rings. The highest BCUT2D eigenvalue weighted by Gasteiger charge is 2.27. The van der Waals surface area contributed by atoms with E-state index in [-0.39, 0.29) is 23.1 Å². The SMILES string of the molecule is CC(C)CCn1c(SCC(=O)N2CCCC2=O)nc2sc3c(c2c1=O)CCCC3. The van der Waals surface area contributed by atoms with Gasteiger partial charge in [-0.25, -0.2) is 4.98 Å². The lowest BCUT2D eigenvalue weighted by Crippen LogP contribution is -2.33.